The maximum Gasteiger partial charge on any atom is 0.131 e. The number of nitrogens with two attached hydrogens (primary N) is 1. The highest BCUT2D eigenvalue weighted by molar-refractivity contribution is 5.85. The minimum absolute atomic E-state index is 0.0591. The van der Waals surface area contributed by atoms with Crippen LogP contribution < -0.4 is 5.73 Å². The van der Waals surface area contributed by atoms with E-state index < -0.39 is 6.04 Å². The van der Waals surface area contributed by atoms with Crippen molar-refractivity contribution in [3.05, 3.63) is 23.9 Å². The molecule has 0 spiro atoms. The average molecular weight is 153 g/mol. The van der Waals surface area contributed by atoms with Crippen molar-refractivity contribution in [1.82, 2.24) is 5.06 Å². The van der Waals surface area contributed by atoms with Gasteiger partial charge < -0.3 is 5.73 Å². The van der Waals surface area contributed by atoms with E-state index >= 15 is 0 Å². The Labute approximate surface area is 65.1 Å². The van der Waals surface area contributed by atoms with Gasteiger partial charge in [0.15, 0.2) is 0 Å². The molecule has 0 saturated carbocycles. The van der Waals surface area contributed by atoms with E-state index in [9.17, 15) is 0 Å². The van der Waals surface area contributed by atoms with Crippen LogP contribution in [0, 0.1) is 5.41 Å². The maximum atomic E-state index is 9.14. The summed E-state index contributed by atoms with van der Waals surface area (Å²) in [5, 5.41) is 17.2. The van der Waals surface area contributed by atoms with Gasteiger partial charge in [0.25, 0.3) is 0 Å². The zero-order valence-corrected chi connectivity index (χ0v) is 6.28. The van der Waals surface area contributed by atoms with Crippen LogP contribution in [-0.4, -0.2) is 22.1 Å². The molecule has 4 nitrogen and oxygen atoms in total. The summed E-state index contributed by atoms with van der Waals surface area (Å²) in [5.41, 5.74) is 6.22. The Balaban J connectivity index is 2.81. The van der Waals surface area contributed by atoms with Crippen molar-refractivity contribution in [3.63, 3.8) is 0 Å². The van der Waals surface area contributed by atoms with E-state index in [2.05, 4.69) is 0 Å². The van der Waals surface area contributed by atoms with Crippen LogP contribution in [0.4, 0.5) is 0 Å². The second-order valence-corrected chi connectivity index (χ2v) is 2.51. The largest absolute Gasteiger partial charge is 0.386 e. The van der Waals surface area contributed by atoms with Gasteiger partial charge >= 0.3 is 0 Å². The molecule has 1 rings (SSSR count). The second-order valence-electron chi connectivity index (χ2n) is 2.51. The lowest BCUT2D eigenvalue weighted by Gasteiger charge is -2.23. The Hall–Kier alpha value is -1.29. The average Bonchev–Trinajstić information content (AvgIpc) is 1.94. The highest BCUT2D eigenvalue weighted by Gasteiger charge is 2.16. The summed E-state index contributed by atoms with van der Waals surface area (Å²) in [6.45, 7) is 1.89. The number of allylic oxidation sites excluding steroid dienone is 2. The lowest BCUT2D eigenvalue weighted by molar-refractivity contribution is -0.0477. The minimum atomic E-state index is -0.500. The van der Waals surface area contributed by atoms with Crippen molar-refractivity contribution >= 4 is 5.84 Å². The van der Waals surface area contributed by atoms with Gasteiger partial charge in [-0.15, -0.1) is 0 Å². The Morgan fingerprint density at radius 2 is 2.45 bits per heavy atom. The molecular formula is C7H11N3O. The van der Waals surface area contributed by atoms with Crippen LogP contribution in [0.3, 0.4) is 0 Å². The standard InChI is InChI=1S/C7H11N3O/c1-5-2-3-10(11)6(4-5)7(8)9/h2-4,6,11H,1H3,(H3,8,9). The fourth-order valence-corrected chi connectivity index (χ4v) is 0.900. The quantitative estimate of drug-likeness (QED) is 0.378. The monoisotopic (exact) mass is 153 g/mol. The molecule has 1 aliphatic heterocycles. The maximum absolute atomic E-state index is 9.14. The molecule has 0 aromatic carbocycles. The van der Waals surface area contributed by atoms with Crippen LogP contribution in [0.2, 0.25) is 0 Å². The van der Waals surface area contributed by atoms with Crippen LogP contribution in [0.25, 0.3) is 0 Å². The number of hydroxylamine groups is 2. The van der Waals surface area contributed by atoms with Gasteiger partial charge in [0, 0.05) is 6.20 Å². The molecule has 1 aliphatic rings. The molecule has 0 amide bonds. The van der Waals surface area contributed by atoms with Gasteiger partial charge in [-0.25, -0.2) is 5.06 Å². The van der Waals surface area contributed by atoms with Crippen molar-refractivity contribution in [2.45, 2.75) is 13.0 Å². The van der Waals surface area contributed by atoms with Gasteiger partial charge in [-0.2, -0.15) is 0 Å². The molecule has 1 heterocycles. The first kappa shape index (κ1) is 7.81. The first-order valence-electron chi connectivity index (χ1n) is 3.29. The van der Waals surface area contributed by atoms with Gasteiger partial charge in [-0.1, -0.05) is 5.57 Å². The molecule has 0 radical (unpaired) electrons. The molecule has 0 aliphatic carbocycles. The van der Waals surface area contributed by atoms with E-state index in [4.69, 9.17) is 16.4 Å². The van der Waals surface area contributed by atoms with Gasteiger partial charge in [-0.05, 0) is 19.1 Å². The van der Waals surface area contributed by atoms with Gasteiger partial charge in [0.05, 0.1) is 0 Å². The normalized spacial score (nSPS) is 23.3. The molecule has 1 atom stereocenters. The third-order valence-electron chi connectivity index (χ3n) is 1.51. The summed E-state index contributed by atoms with van der Waals surface area (Å²) in [5.74, 6) is -0.0591. The zero-order valence-electron chi connectivity index (χ0n) is 6.28. The molecule has 4 N–H and O–H groups in total. The number of hydrogen-bond acceptors (Lipinski definition) is 3. The van der Waals surface area contributed by atoms with E-state index in [1.54, 1.807) is 12.2 Å². The van der Waals surface area contributed by atoms with Gasteiger partial charge in [0.1, 0.15) is 11.9 Å². The third kappa shape index (κ3) is 1.59. The van der Waals surface area contributed by atoms with E-state index in [0.29, 0.717) is 0 Å². The van der Waals surface area contributed by atoms with E-state index in [1.807, 2.05) is 6.92 Å². The molecule has 11 heavy (non-hydrogen) atoms. The number of hydrogen-bond donors (Lipinski definition) is 3. The topological polar surface area (TPSA) is 73.3 Å². The summed E-state index contributed by atoms with van der Waals surface area (Å²) < 4.78 is 0. The van der Waals surface area contributed by atoms with Crippen LogP contribution in [0.15, 0.2) is 23.9 Å². The van der Waals surface area contributed by atoms with Gasteiger partial charge in [-0.3, -0.25) is 10.6 Å². The first-order valence-corrected chi connectivity index (χ1v) is 3.29. The summed E-state index contributed by atoms with van der Waals surface area (Å²) in [7, 11) is 0. The Morgan fingerprint density at radius 3 is 2.91 bits per heavy atom. The predicted octanol–water partition coefficient (Wildman–Crippen LogP) is 0.456. The molecule has 4 heteroatoms. The summed E-state index contributed by atoms with van der Waals surface area (Å²) in [6, 6.07) is -0.500. The van der Waals surface area contributed by atoms with E-state index in [0.717, 1.165) is 10.6 Å². The molecule has 60 valence electrons. The fourth-order valence-electron chi connectivity index (χ4n) is 0.900. The SMILES string of the molecule is CC1=CC(C(=N)N)N(O)C=C1. The lowest BCUT2D eigenvalue weighted by Crippen LogP contribution is -2.39. The Morgan fingerprint density at radius 1 is 1.82 bits per heavy atom. The van der Waals surface area contributed by atoms with E-state index in [1.165, 1.54) is 6.20 Å². The van der Waals surface area contributed by atoms with Crippen LogP contribution in [0.1, 0.15) is 6.92 Å². The molecule has 0 fully saturated rings. The molecule has 0 saturated heterocycles. The second kappa shape index (κ2) is 2.75. The smallest absolute Gasteiger partial charge is 0.131 e. The number of amidine groups is 1. The number of rotatable bonds is 1. The van der Waals surface area contributed by atoms with Crippen molar-refractivity contribution in [1.29, 1.82) is 5.41 Å². The fraction of sp³-hybridized carbons (Fsp3) is 0.286. The summed E-state index contributed by atoms with van der Waals surface area (Å²) in [6.07, 6.45) is 4.96. The van der Waals surface area contributed by atoms with Crippen LogP contribution in [0.5, 0.6) is 0 Å². The van der Waals surface area contributed by atoms with Gasteiger partial charge in [0.2, 0.25) is 0 Å². The summed E-state index contributed by atoms with van der Waals surface area (Å²) in [4.78, 5) is 0. The van der Waals surface area contributed by atoms with Crippen molar-refractivity contribution < 1.29 is 5.21 Å². The first-order chi connectivity index (χ1) is 5.11. The molecular weight excluding hydrogens is 142 g/mol. The highest BCUT2D eigenvalue weighted by Crippen LogP contribution is 2.10. The lowest BCUT2D eigenvalue weighted by atomic mass is 10.1. The van der Waals surface area contributed by atoms with Crippen LogP contribution in [-0.2, 0) is 0 Å². The van der Waals surface area contributed by atoms with Crippen LogP contribution >= 0.6 is 0 Å². The molecule has 0 aromatic rings. The Bertz CT molecular complexity index is 232. The third-order valence-corrected chi connectivity index (χ3v) is 1.51. The molecule has 0 aromatic heterocycles. The Kier molecular flexibility index (Phi) is 1.96. The van der Waals surface area contributed by atoms with Crippen molar-refractivity contribution in [3.8, 4) is 0 Å². The molecule has 0 bridgehead atoms. The van der Waals surface area contributed by atoms with Crippen molar-refractivity contribution in [2.75, 3.05) is 0 Å². The highest BCUT2D eigenvalue weighted by atomic mass is 16.5. The summed E-state index contributed by atoms with van der Waals surface area (Å²) >= 11 is 0. The zero-order chi connectivity index (χ0) is 8.43. The predicted molar refractivity (Wildman–Crippen MR) is 42.2 cm³/mol. The van der Waals surface area contributed by atoms with Crippen molar-refractivity contribution in [2.24, 2.45) is 5.73 Å². The van der Waals surface area contributed by atoms with E-state index in [-0.39, 0.29) is 5.84 Å². The number of nitrogens with zero attached hydrogens (tertiary/aromatic N) is 1. The number of nitrogens with one attached hydrogen (secondary N) is 1. The minimum Gasteiger partial charge on any atom is -0.386 e. The molecule has 1 unspecified atom stereocenters.